The minimum absolute atomic E-state index is 0.0988. The van der Waals surface area contributed by atoms with Crippen molar-refractivity contribution in [3.05, 3.63) is 35.6 Å². The molecule has 1 aromatic rings. The Kier molecular flexibility index (Phi) is 6.36. The largest absolute Gasteiger partial charge is 0.207 e. The third kappa shape index (κ3) is 4.21. The zero-order chi connectivity index (χ0) is 16.8. The van der Waals surface area contributed by atoms with Crippen molar-refractivity contribution in [2.24, 2.45) is 11.8 Å². The van der Waals surface area contributed by atoms with Crippen molar-refractivity contribution in [2.45, 2.75) is 95.8 Å². The molecule has 0 unspecified atom stereocenters. The van der Waals surface area contributed by atoms with Crippen LogP contribution in [0.25, 0.3) is 0 Å². The van der Waals surface area contributed by atoms with E-state index in [2.05, 4.69) is 19.1 Å². The molecule has 0 spiro atoms. The molecular weight excluding hydrogens is 295 g/mol. The maximum Gasteiger partial charge on any atom is 0.123 e. The van der Waals surface area contributed by atoms with Crippen LogP contribution in [0.5, 0.6) is 0 Å². The summed E-state index contributed by atoms with van der Waals surface area (Å²) >= 11 is 0. The van der Waals surface area contributed by atoms with Gasteiger partial charge in [0, 0.05) is 0 Å². The van der Waals surface area contributed by atoms with E-state index in [1.807, 2.05) is 0 Å². The lowest BCUT2D eigenvalue weighted by Crippen LogP contribution is -2.34. The molecule has 0 aliphatic heterocycles. The van der Waals surface area contributed by atoms with Crippen LogP contribution in [-0.2, 0) is 5.41 Å². The van der Waals surface area contributed by atoms with E-state index in [-0.39, 0.29) is 5.82 Å². The summed E-state index contributed by atoms with van der Waals surface area (Å²) in [5.41, 5.74) is 1.73. The van der Waals surface area contributed by atoms with Gasteiger partial charge in [-0.3, -0.25) is 0 Å². The lowest BCUT2D eigenvalue weighted by atomic mass is 9.61. The molecule has 2 fully saturated rings. The number of hydrogen-bond acceptors (Lipinski definition) is 0. The summed E-state index contributed by atoms with van der Waals surface area (Å²) in [6.45, 7) is 2.28. The number of rotatable bonds is 6. The van der Waals surface area contributed by atoms with Crippen LogP contribution in [0, 0.1) is 17.7 Å². The molecule has 0 N–H and O–H groups in total. The molecule has 0 amide bonds. The number of unbranched alkanes of at least 4 members (excludes halogenated alkanes) is 2. The zero-order valence-electron chi connectivity index (χ0n) is 15.5. The molecule has 0 nitrogen and oxygen atoms in total. The molecule has 0 heterocycles. The molecule has 134 valence electrons. The molecule has 2 aliphatic carbocycles. The summed E-state index contributed by atoms with van der Waals surface area (Å²) in [5, 5.41) is 0. The van der Waals surface area contributed by atoms with E-state index in [0.29, 0.717) is 5.41 Å². The van der Waals surface area contributed by atoms with Crippen LogP contribution < -0.4 is 0 Å². The first-order chi connectivity index (χ1) is 11.7. The fraction of sp³-hybridized carbons (Fsp3) is 0.739. The molecule has 1 heteroatoms. The maximum atomic E-state index is 13.4. The Morgan fingerprint density at radius 3 is 2.12 bits per heavy atom. The molecule has 0 aromatic heterocycles. The predicted molar refractivity (Wildman–Crippen MR) is 101 cm³/mol. The van der Waals surface area contributed by atoms with Crippen LogP contribution in [0.2, 0.25) is 0 Å². The second-order valence-corrected chi connectivity index (χ2v) is 8.48. The summed E-state index contributed by atoms with van der Waals surface area (Å²) in [4.78, 5) is 0. The first-order valence-electron chi connectivity index (χ1n) is 10.5. The van der Waals surface area contributed by atoms with Gasteiger partial charge in [-0.05, 0) is 67.1 Å². The van der Waals surface area contributed by atoms with Crippen molar-refractivity contribution >= 4 is 0 Å². The van der Waals surface area contributed by atoms with Gasteiger partial charge in [-0.2, -0.15) is 0 Å². The molecule has 0 atom stereocenters. The van der Waals surface area contributed by atoms with Crippen molar-refractivity contribution < 1.29 is 4.39 Å². The molecule has 24 heavy (non-hydrogen) atoms. The average molecular weight is 331 g/mol. The van der Waals surface area contributed by atoms with Crippen molar-refractivity contribution in [3.8, 4) is 0 Å². The van der Waals surface area contributed by atoms with Crippen LogP contribution in [0.1, 0.15) is 96.0 Å². The Balaban J connectivity index is 1.68. The Hall–Kier alpha value is -0.850. The quantitative estimate of drug-likeness (QED) is 0.476. The lowest BCUT2D eigenvalue weighted by Gasteiger charge is -2.44. The monoisotopic (exact) mass is 330 g/mol. The Morgan fingerprint density at radius 2 is 1.50 bits per heavy atom. The first kappa shape index (κ1) is 18.0. The van der Waals surface area contributed by atoms with Gasteiger partial charge in [-0.25, -0.2) is 4.39 Å². The van der Waals surface area contributed by atoms with Gasteiger partial charge in [0.15, 0.2) is 0 Å². The highest BCUT2D eigenvalue weighted by Gasteiger charge is 2.38. The number of halogens is 1. The summed E-state index contributed by atoms with van der Waals surface area (Å²) in [7, 11) is 0. The van der Waals surface area contributed by atoms with E-state index in [0.717, 1.165) is 11.8 Å². The van der Waals surface area contributed by atoms with Gasteiger partial charge in [0.1, 0.15) is 5.82 Å². The van der Waals surface area contributed by atoms with E-state index in [1.165, 1.54) is 89.0 Å². The number of hydrogen-bond donors (Lipinski definition) is 0. The minimum Gasteiger partial charge on any atom is -0.207 e. The van der Waals surface area contributed by atoms with Gasteiger partial charge >= 0.3 is 0 Å². The third-order valence-corrected chi connectivity index (χ3v) is 7.02. The summed E-state index contributed by atoms with van der Waals surface area (Å²) < 4.78 is 13.4. The summed E-state index contributed by atoms with van der Waals surface area (Å²) in [5.74, 6) is 1.86. The molecule has 0 bridgehead atoms. The molecule has 0 radical (unpaired) electrons. The van der Waals surface area contributed by atoms with Crippen LogP contribution in [0.15, 0.2) is 24.3 Å². The highest BCUT2D eigenvalue weighted by Crippen LogP contribution is 2.48. The van der Waals surface area contributed by atoms with Gasteiger partial charge in [-0.1, -0.05) is 70.4 Å². The van der Waals surface area contributed by atoms with Gasteiger partial charge < -0.3 is 0 Å². The van der Waals surface area contributed by atoms with Gasteiger partial charge in [0.2, 0.25) is 0 Å². The van der Waals surface area contributed by atoms with E-state index >= 15 is 0 Å². The fourth-order valence-corrected chi connectivity index (χ4v) is 5.47. The lowest BCUT2D eigenvalue weighted by molar-refractivity contribution is 0.141. The first-order valence-corrected chi connectivity index (χ1v) is 10.5. The van der Waals surface area contributed by atoms with E-state index in [1.54, 1.807) is 12.1 Å². The highest BCUT2D eigenvalue weighted by molar-refractivity contribution is 5.26. The average Bonchev–Trinajstić information content (AvgIpc) is 2.64. The van der Waals surface area contributed by atoms with Crippen molar-refractivity contribution in [2.75, 3.05) is 0 Å². The van der Waals surface area contributed by atoms with Crippen molar-refractivity contribution in [1.82, 2.24) is 0 Å². The smallest absolute Gasteiger partial charge is 0.123 e. The zero-order valence-corrected chi connectivity index (χ0v) is 15.5. The Labute approximate surface area is 148 Å². The number of benzene rings is 1. The Morgan fingerprint density at radius 1 is 0.875 bits per heavy atom. The van der Waals surface area contributed by atoms with Crippen molar-refractivity contribution in [3.63, 3.8) is 0 Å². The topological polar surface area (TPSA) is 0 Å². The van der Waals surface area contributed by atoms with Crippen LogP contribution in [0.4, 0.5) is 4.39 Å². The molecule has 0 saturated heterocycles. The Bertz CT molecular complexity index is 475. The SMILES string of the molecule is CCCCCC1(c2ccc(F)cc2)CCC(C2CCCCC2)CC1. The highest BCUT2D eigenvalue weighted by atomic mass is 19.1. The second kappa shape index (κ2) is 8.50. The molecular formula is C23H35F. The normalized spacial score (nSPS) is 28.8. The summed E-state index contributed by atoms with van der Waals surface area (Å²) in [6.07, 6.45) is 18.0. The minimum atomic E-state index is -0.0988. The van der Waals surface area contributed by atoms with Gasteiger partial charge in [0.25, 0.3) is 0 Å². The van der Waals surface area contributed by atoms with Crippen LogP contribution in [0.3, 0.4) is 0 Å². The molecule has 1 aromatic carbocycles. The summed E-state index contributed by atoms with van der Waals surface area (Å²) in [6, 6.07) is 7.48. The second-order valence-electron chi connectivity index (χ2n) is 8.48. The van der Waals surface area contributed by atoms with E-state index < -0.39 is 0 Å². The maximum absolute atomic E-state index is 13.4. The molecule has 2 saturated carbocycles. The van der Waals surface area contributed by atoms with E-state index in [4.69, 9.17) is 0 Å². The molecule has 3 rings (SSSR count). The van der Waals surface area contributed by atoms with Gasteiger partial charge in [0.05, 0.1) is 0 Å². The van der Waals surface area contributed by atoms with Crippen molar-refractivity contribution in [1.29, 1.82) is 0 Å². The van der Waals surface area contributed by atoms with Crippen LogP contribution in [-0.4, -0.2) is 0 Å². The molecule has 2 aliphatic rings. The van der Waals surface area contributed by atoms with E-state index in [9.17, 15) is 4.39 Å². The van der Waals surface area contributed by atoms with Gasteiger partial charge in [-0.15, -0.1) is 0 Å². The third-order valence-electron chi connectivity index (χ3n) is 7.02. The fourth-order valence-electron chi connectivity index (χ4n) is 5.47. The van der Waals surface area contributed by atoms with Crippen LogP contribution >= 0.6 is 0 Å². The standard InChI is InChI=1S/C23H35F/c1-2-3-7-16-23(21-10-12-22(24)13-11-21)17-14-20(15-18-23)19-8-5-4-6-9-19/h10-13,19-20H,2-9,14-18H2,1H3. The predicted octanol–water partition coefficient (Wildman–Crippen LogP) is 7.41.